The van der Waals surface area contributed by atoms with Gasteiger partial charge in [0.1, 0.15) is 11.5 Å². The molecule has 0 aliphatic carbocycles. The van der Waals surface area contributed by atoms with E-state index in [1.807, 2.05) is 38.1 Å². The maximum absolute atomic E-state index is 9.54. The van der Waals surface area contributed by atoms with E-state index in [0.29, 0.717) is 17.2 Å². The molecule has 3 heteroatoms. The first-order valence-corrected chi connectivity index (χ1v) is 5.71. The molecule has 0 unspecified atom stereocenters. The van der Waals surface area contributed by atoms with Crippen LogP contribution in [-0.4, -0.2) is 12.2 Å². The zero-order chi connectivity index (χ0) is 13.1. The van der Waals surface area contributed by atoms with E-state index in [4.69, 9.17) is 9.47 Å². The minimum atomic E-state index is 0.191. The molecule has 1 N–H and O–H groups in total. The number of benzene rings is 2. The maximum atomic E-state index is 9.54. The summed E-state index contributed by atoms with van der Waals surface area (Å²) in [5.74, 6) is 2.09. The van der Waals surface area contributed by atoms with Gasteiger partial charge in [-0.05, 0) is 49.2 Å². The smallest absolute Gasteiger partial charge is 0.169 e. The average molecular weight is 244 g/mol. The number of hydrogen-bond acceptors (Lipinski definition) is 3. The van der Waals surface area contributed by atoms with Crippen LogP contribution in [0.3, 0.4) is 0 Å². The van der Waals surface area contributed by atoms with E-state index in [1.165, 1.54) is 0 Å². The van der Waals surface area contributed by atoms with Crippen molar-refractivity contribution >= 4 is 0 Å². The fourth-order valence-corrected chi connectivity index (χ4v) is 1.78. The summed E-state index contributed by atoms with van der Waals surface area (Å²) in [6.07, 6.45) is 0. The Morgan fingerprint density at radius 2 is 1.67 bits per heavy atom. The van der Waals surface area contributed by atoms with E-state index in [1.54, 1.807) is 19.2 Å². The highest BCUT2D eigenvalue weighted by Gasteiger charge is 2.07. The van der Waals surface area contributed by atoms with Crippen molar-refractivity contribution in [2.24, 2.45) is 0 Å². The lowest BCUT2D eigenvalue weighted by Gasteiger charge is -2.11. The van der Waals surface area contributed by atoms with Crippen molar-refractivity contribution in [3.63, 3.8) is 0 Å². The Morgan fingerprint density at radius 1 is 0.889 bits per heavy atom. The molecule has 0 amide bonds. The van der Waals surface area contributed by atoms with Crippen molar-refractivity contribution in [2.45, 2.75) is 13.8 Å². The molecule has 0 saturated carbocycles. The third kappa shape index (κ3) is 2.74. The molecule has 2 rings (SSSR count). The first-order chi connectivity index (χ1) is 8.58. The van der Waals surface area contributed by atoms with Crippen molar-refractivity contribution in [3.8, 4) is 23.0 Å². The predicted molar refractivity (Wildman–Crippen MR) is 70.6 cm³/mol. The molecular formula is C15H16O3. The number of phenolic OH excluding ortho intramolecular Hbond substituents is 1. The van der Waals surface area contributed by atoms with Gasteiger partial charge in [0.25, 0.3) is 0 Å². The van der Waals surface area contributed by atoms with Gasteiger partial charge in [0.15, 0.2) is 11.5 Å². The molecular weight excluding hydrogens is 228 g/mol. The summed E-state index contributed by atoms with van der Waals surface area (Å²) in [6, 6.07) is 10.8. The third-order valence-corrected chi connectivity index (χ3v) is 2.58. The molecule has 18 heavy (non-hydrogen) atoms. The Morgan fingerprint density at radius 3 is 2.33 bits per heavy atom. The van der Waals surface area contributed by atoms with Crippen LogP contribution in [0, 0.1) is 13.8 Å². The van der Waals surface area contributed by atoms with Crippen LogP contribution in [0.1, 0.15) is 11.1 Å². The number of ether oxygens (including phenoxy) is 2. The van der Waals surface area contributed by atoms with Gasteiger partial charge >= 0.3 is 0 Å². The SMILES string of the molecule is COc1ccc(C)cc1Oc1cc(C)cc(O)c1. The quantitative estimate of drug-likeness (QED) is 0.892. The Labute approximate surface area is 107 Å². The Bertz CT molecular complexity index is 541. The second-order valence-electron chi connectivity index (χ2n) is 4.26. The van der Waals surface area contributed by atoms with Crippen molar-refractivity contribution in [1.29, 1.82) is 0 Å². The summed E-state index contributed by atoms with van der Waals surface area (Å²) >= 11 is 0. The molecule has 0 aromatic heterocycles. The molecule has 3 nitrogen and oxygen atoms in total. The monoisotopic (exact) mass is 244 g/mol. The Hall–Kier alpha value is -2.16. The largest absolute Gasteiger partial charge is 0.508 e. The maximum Gasteiger partial charge on any atom is 0.169 e. The van der Waals surface area contributed by atoms with Crippen LogP contribution >= 0.6 is 0 Å². The fourth-order valence-electron chi connectivity index (χ4n) is 1.78. The molecule has 0 spiro atoms. The van der Waals surface area contributed by atoms with Crippen LogP contribution in [0.5, 0.6) is 23.0 Å². The molecule has 0 bridgehead atoms. The molecule has 0 atom stereocenters. The zero-order valence-electron chi connectivity index (χ0n) is 10.7. The molecule has 2 aromatic rings. The van der Waals surface area contributed by atoms with E-state index in [2.05, 4.69) is 0 Å². The summed E-state index contributed by atoms with van der Waals surface area (Å²) in [4.78, 5) is 0. The van der Waals surface area contributed by atoms with Crippen LogP contribution in [0.15, 0.2) is 36.4 Å². The van der Waals surface area contributed by atoms with Gasteiger partial charge in [0.2, 0.25) is 0 Å². The number of aromatic hydroxyl groups is 1. The normalized spacial score (nSPS) is 10.2. The van der Waals surface area contributed by atoms with Crippen LogP contribution in [0.25, 0.3) is 0 Å². The van der Waals surface area contributed by atoms with Gasteiger partial charge in [0.05, 0.1) is 7.11 Å². The van der Waals surface area contributed by atoms with Crippen LogP contribution in [0.4, 0.5) is 0 Å². The molecule has 0 saturated heterocycles. The van der Waals surface area contributed by atoms with Crippen molar-refractivity contribution in [1.82, 2.24) is 0 Å². The minimum Gasteiger partial charge on any atom is -0.508 e. The zero-order valence-corrected chi connectivity index (χ0v) is 10.7. The number of methoxy groups -OCH3 is 1. The van der Waals surface area contributed by atoms with E-state index < -0.39 is 0 Å². The summed E-state index contributed by atoms with van der Waals surface area (Å²) in [6.45, 7) is 3.89. The van der Waals surface area contributed by atoms with Gasteiger partial charge < -0.3 is 14.6 Å². The fraction of sp³-hybridized carbons (Fsp3) is 0.200. The second kappa shape index (κ2) is 5.00. The summed E-state index contributed by atoms with van der Waals surface area (Å²) in [5.41, 5.74) is 2.03. The highest BCUT2D eigenvalue weighted by Crippen LogP contribution is 2.33. The van der Waals surface area contributed by atoms with Crippen LogP contribution < -0.4 is 9.47 Å². The first kappa shape index (κ1) is 12.3. The van der Waals surface area contributed by atoms with Gasteiger partial charge in [-0.3, -0.25) is 0 Å². The van der Waals surface area contributed by atoms with Gasteiger partial charge in [-0.2, -0.15) is 0 Å². The lowest BCUT2D eigenvalue weighted by Crippen LogP contribution is -1.91. The molecule has 0 fully saturated rings. The lowest BCUT2D eigenvalue weighted by atomic mass is 10.2. The Kier molecular flexibility index (Phi) is 3.42. The first-order valence-electron chi connectivity index (χ1n) is 5.71. The van der Waals surface area contributed by atoms with E-state index in [9.17, 15) is 5.11 Å². The van der Waals surface area contributed by atoms with Crippen molar-refractivity contribution in [3.05, 3.63) is 47.5 Å². The number of rotatable bonds is 3. The summed E-state index contributed by atoms with van der Waals surface area (Å²) in [5, 5.41) is 9.54. The van der Waals surface area contributed by atoms with Crippen LogP contribution in [-0.2, 0) is 0 Å². The van der Waals surface area contributed by atoms with Crippen molar-refractivity contribution < 1.29 is 14.6 Å². The standard InChI is InChI=1S/C15H16O3/c1-10-4-5-14(17-3)15(8-10)18-13-7-11(2)6-12(16)9-13/h4-9,16H,1-3H3. The molecule has 0 heterocycles. The van der Waals surface area contributed by atoms with Gasteiger partial charge in [-0.15, -0.1) is 0 Å². The predicted octanol–water partition coefficient (Wildman–Crippen LogP) is 3.81. The van der Waals surface area contributed by atoms with E-state index in [-0.39, 0.29) is 5.75 Å². The number of phenols is 1. The van der Waals surface area contributed by atoms with Gasteiger partial charge in [-0.1, -0.05) is 6.07 Å². The number of aryl methyl sites for hydroxylation is 2. The second-order valence-corrected chi connectivity index (χ2v) is 4.26. The Balaban J connectivity index is 2.35. The molecule has 0 radical (unpaired) electrons. The minimum absolute atomic E-state index is 0.191. The van der Waals surface area contributed by atoms with E-state index in [0.717, 1.165) is 11.1 Å². The lowest BCUT2D eigenvalue weighted by molar-refractivity contribution is 0.377. The van der Waals surface area contributed by atoms with Gasteiger partial charge in [0, 0.05) is 6.07 Å². The highest BCUT2D eigenvalue weighted by atomic mass is 16.5. The number of hydrogen-bond donors (Lipinski definition) is 1. The van der Waals surface area contributed by atoms with Gasteiger partial charge in [-0.25, -0.2) is 0 Å². The molecule has 0 aliphatic heterocycles. The summed E-state index contributed by atoms with van der Waals surface area (Å²) in [7, 11) is 1.60. The molecule has 94 valence electrons. The highest BCUT2D eigenvalue weighted by molar-refractivity contribution is 5.46. The molecule has 0 aliphatic rings. The topological polar surface area (TPSA) is 38.7 Å². The molecule has 2 aromatic carbocycles. The van der Waals surface area contributed by atoms with E-state index >= 15 is 0 Å². The third-order valence-electron chi connectivity index (χ3n) is 2.58. The average Bonchev–Trinajstić information content (AvgIpc) is 2.27. The summed E-state index contributed by atoms with van der Waals surface area (Å²) < 4.78 is 11.0. The van der Waals surface area contributed by atoms with Crippen molar-refractivity contribution in [2.75, 3.05) is 7.11 Å². The van der Waals surface area contributed by atoms with Crippen LogP contribution in [0.2, 0.25) is 0 Å².